The topological polar surface area (TPSA) is 29.5 Å². The zero-order valence-electron chi connectivity index (χ0n) is 12.7. The summed E-state index contributed by atoms with van der Waals surface area (Å²) in [5.41, 5.74) is 1.95. The van der Waals surface area contributed by atoms with Crippen molar-refractivity contribution in [3.8, 4) is 0 Å². The number of nitrogens with zero attached hydrogens (tertiary/aromatic N) is 1. The SMILES string of the molecule is COCCN(Cc1ccccc1)C(=O)Cc1ccccc1Cl. The summed E-state index contributed by atoms with van der Waals surface area (Å²) >= 11 is 6.14. The molecule has 2 rings (SSSR count). The zero-order chi connectivity index (χ0) is 15.8. The van der Waals surface area contributed by atoms with E-state index in [1.54, 1.807) is 13.2 Å². The minimum atomic E-state index is 0.0500. The maximum absolute atomic E-state index is 12.6. The molecule has 0 N–H and O–H groups in total. The van der Waals surface area contributed by atoms with Crippen molar-refractivity contribution in [2.24, 2.45) is 0 Å². The van der Waals surface area contributed by atoms with Crippen molar-refractivity contribution in [2.45, 2.75) is 13.0 Å². The van der Waals surface area contributed by atoms with Crippen LogP contribution >= 0.6 is 11.6 Å². The predicted molar refractivity (Wildman–Crippen MR) is 88.9 cm³/mol. The monoisotopic (exact) mass is 317 g/mol. The van der Waals surface area contributed by atoms with Crippen LogP contribution in [-0.4, -0.2) is 31.1 Å². The van der Waals surface area contributed by atoms with Crippen molar-refractivity contribution < 1.29 is 9.53 Å². The molecule has 0 saturated heterocycles. The zero-order valence-corrected chi connectivity index (χ0v) is 13.4. The Morgan fingerprint density at radius 2 is 1.77 bits per heavy atom. The van der Waals surface area contributed by atoms with E-state index >= 15 is 0 Å². The highest BCUT2D eigenvalue weighted by molar-refractivity contribution is 6.31. The molecule has 3 nitrogen and oxygen atoms in total. The number of ether oxygens (including phenoxy) is 1. The van der Waals surface area contributed by atoms with Gasteiger partial charge in [0.05, 0.1) is 13.0 Å². The standard InChI is InChI=1S/C18H20ClNO2/c1-22-12-11-20(14-15-7-3-2-4-8-15)18(21)13-16-9-5-6-10-17(16)19/h2-10H,11-14H2,1H3. The highest BCUT2D eigenvalue weighted by atomic mass is 35.5. The van der Waals surface area contributed by atoms with E-state index in [2.05, 4.69) is 0 Å². The van der Waals surface area contributed by atoms with E-state index in [1.165, 1.54) is 0 Å². The number of amides is 1. The molecule has 0 spiro atoms. The Morgan fingerprint density at radius 3 is 2.45 bits per heavy atom. The van der Waals surface area contributed by atoms with Crippen LogP contribution in [0, 0.1) is 0 Å². The lowest BCUT2D eigenvalue weighted by atomic mass is 10.1. The van der Waals surface area contributed by atoms with Crippen LogP contribution in [0.4, 0.5) is 0 Å². The second kappa shape index (κ2) is 8.57. The minimum absolute atomic E-state index is 0.0500. The number of carbonyl (C=O) groups excluding carboxylic acids is 1. The quantitative estimate of drug-likeness (QED) is 0.781. The van der Waals surface area contributed by atoms with E-state index in [-0.39, 0.29) is 5.91 Å². The van der Waals surface area contributed by atoms with E-state index in [4.69, 9.17) is 16.3 Å². The summed E-state index contributed by atoms with van der Waals surface area (Å²) in [6.07, 6.45) is 0.302. The van der Waals surface area contributed by atoms with Gasteiger partial charge in [-0.25, -0.2) is 0 Å². The van der Waals surface area contributed by atoms with Gasteiger partial charge in [0.25, 0.3) is 0 Å². The number of rotatable bonds is 7. The molecule has 0 atom stereocenters. The summed E-state index contributed by atoms with van der Waals surface area (Å²) in [6, 6.07) is 17.4. The second-order valence-corrected chi connectivity index (χ2v) is 5.47. The Morgan fingerprint density at radius 1 is 1.09 bits per heavy atom. The average molecular weight is 318 g/mol. The third kappa shape index (κ3) is 4.86. The van der Waals surface area contributed by atoms with E-state index in [0.29, 0.717) is 31.1 Å². The molecule has 0 unspecified atom stereocenters. The van der Waals surface area contributed by atoms with Crippen LogP contribution in [0.25, 0.3) is 0 Å². The van der Waals surface area contributed by atoms with E-state index in [0.717, 1.165) is 11.1 Å². The molecule has 0 bridgehead atoms. The van der Waals surface area contributed by atoms with Crippen molar-refractivity contribution in [1.29, 1.82) is 0 Å². The molecule has 0 aromatic heterocycles. The van der Waals surface area contributed by atoms with Gasteiger partial charge < -0.3 is 9.64 Å². The molecule has 4 heteroatoms. The van der Waals surface area contributed by atoms with Gasteiger partial charge in [-0.1, -0.05) is 60.1 Å². The molecule has 2 aromatic carbocycles. The van der Waals surface area contributed by atoms with Crippen molar-refractivity contribution in [2.75, 3.05) is 20.3 Å². The first-order chi connectivity index (χ1) is 10.7. The van der Waals surface area contributed by atoms with Crippen LogP contribution < -0.4 is 0 Å². The van der Waals surface area contributed by atoms with Crippen molar-refractivity contribution in [3.63, 3.8) is 0 Å². The highest BCUT2D eigenvalue weighted by Gasteiger charge is 2.15. The van der Waals surface area contributed by atoms with Crippen molar-refractivity contribution in [3.05, 3.63) is 70.7 Å². The van der Waals surface area contributed by atoms with Gasteiger partial charge in [-0.15, -0.1) is 0 Å². The van der Waals surface area contributed by atoms with Crippen molar-refractivity contribution >= 4 is 17.5 Å². The van der Waals surface area contributed by atoms with E-state index in [1.807, 2.05) is 53.4 Å². The van der Waals surface area contributed by atoms with Crippen molar-refractivity contribution in [1.82, 2.24) is 4.90 Å². The first kappa shape index (κ1) is 16.5. The molecule has 0 saturated carbocycles. The van der Waals surface area contributed by atoms with Gasteiger partial charge in [0.1, 0.15) is 0 Å². The molecule has 0 aliphatic carbocycles. The average Bonchev–Trinajstić information content (AvgIpc) is 2.54. The lowest BCUT2D eigenvalue weighted by Gasteiger charge is -2.23. The van der Waals surface area contributed by atoms with Crippen LogP contribution in [-0.2, 0) is 22.5 Å². The Balaban J connectivity index is 2.07. The lowest BCUT2D eigenvalue weighted by molar-refractivity contribution is -0.131. The minimum Gasteiger partial charge on any atom is -0.383 e. The summed E-state index contributed by atoms with van der Waals surface area (Å²) < 4.78 is 5.11. The Bertz CT molecular complexity index is 601. The number of benzene rings is 2. The predicted octanol–water partition coefficient (Wildman–Crippen LogP) is 3.56. The first-order valence-corrected chi connectivity index (χ1v) is 7.62. The van der Waals surface area contributed by atoms with Gasteiger partial charge in [0.2, 0.25) is 5.91 Å². The van der Waals surface area contributed by atoms with E-state index in [9.17, 15) is 4.79 Å². The van der Waals surface area contributed by atoms with Gasteiger partial charge >= 0.3 is 0 Å². The number of hydrogen-bond donors (Lipinski definition) is 0. The van der Waals surface area contributed by atoms with Gasteiger partial charge in [0, 0.05) is 25.2 Å². The summed E-state index contributed by atoms with van der Waals surface area (Å²) in [4.78, 5) is 14.4. The molecule has 1 amide bonds. The number of halogens is 1. The van der Waals surface area contributed by atoms with Gasteiger partial charge in [0.15, 0.2) is 0 Å². The third-order valence-electron chi connectivity index (χ3n) is 3.43. The molecular weight excluding hydrogens is 298 g/mol. The van der Waals surface area contributed by atoms with Gasteiger partial charge in [-0.05, 0) is 17.2 Å². The maximum Gasteiger partial charge on any atom is 0.227 e. The summed E-state index contributed by atoms with van der Waals surface area (Å²) in [5.74, 6) is 0.0500. The molecule has 116 valence electrons. The van der Waals surface area contributed by atoms with Gasteiger partial charge in [-0.2, -0.15) is 0 Å². The molecule has 2 aromatic rings. The molecule has 0 heterocycles. The van der Waals surface area contributed by atoms with Crippen LogP contribution in [0.1, 0.15) is 11.1 Å². The third-order valence-corrected chi connectivity index (χ3v) is 3.80. The number of hydrogen-bond acceptors (Lipinski definition) is 2. The molecule has 22 heavy (non-hydrogen) atoms. The number of carbonyl (C=O) groups is 1. The fraction of sp³-hybridized carbons (Fsp3) is 0.278. The summed E-state index contributed by atoms with van der Waals surface area (Å²) in [6.45, 7) is 1.66. The fourth-order valence-corrected chi connectivity index (χ4v) is 2.42. The Kier molecular flexibility index (Phi) is 6.44. The van der Waals surface area contributed by atoms with Crippen LogP contribution in [0.15, 0.2) is 54.6 Å². The molecule has 0 aliphatic rings. The smallest absolute Gasteiger partial charge is 0.227 e. The fourth-order valence-electron chi connectivity index (χ4n) is 2.21. The Labute approximate surface area is 136 Å². The molecular formula is C18H20ClNO2. The molecule has 0 aliphatic heterocycles. The number of methoxy groups -OCH3 is 1. The van der Waals surface area contributed by atoms with Crippen LogP contribution in [0.5, 0.6) is 0 Å². The van der Waals surface area contributed by atoms with Gasteiger partial charge in [-0.3, -0.25) is 4.79 Å². The summed E-state index contributed by atoms with van der Waals surface area (Å²) in [7, 11) is 1.64. The lowest BCUT2D eigenvalue weighted by Crippen LogP contribution is -2.34. The van der Waals surface area contributed by atoms with Crippen LogP contribution in [0.2, 0.25) is 5.02 Å². The summed E-state index contributed by atoms with van der Waals surface area (Å²) in [5, 5.41) is 0.627. The second-order valence-electron chi connectivity index (χ2n) is 5.06. The molecule has 0 fully saturated rings. The van der Waals surface area contributed by atoms with Crippen LogP contribution in [0.3, 0.4) is 0 Å². The largest absolute Gasteiger partial charge is 0.383 e. The van der Waals surface area contributed by atoms with E-state index < -0.39 is 0 Å². The first-order valence-electron chi connectivity index (χ1n) is 7.24. The Hall–Kier alpha value is -1.84. The maximum atomic E-state index is 12.6. The molecule has 0 radical (unpaired) electrons. The normalized spacial score (nSPS) is 10.5. The highest BCUT2D eigenvalue weighted by Crippen LogP contribution is 2.17.